The molecule has 0 unspecified atom stereocenters. The molecule has 2 aliphatic heterocycles. The zero-order chi connectivity index (χ0) is 20.7. The second-order valence-electron chi connectivity index (χ2n) is 7.66. The largest absolute Gasteiger partial charge is 0.457 e. The Bertz CT molecular complexity index is 1160. The molecule has 0 aromatic heterocycles. The number of carbonyl (C=O) groups is 1. The maximum absolute atomic E-state index is 13.6. The third-order valence-corrected chi connectivity index (χ3v) is 8.09. The average Bonchev–Trinajstić information content (AvgIpc) is 3.29. The van der Waals surface area contributed by atoms with Crippen molar-refractivity contribution >= 4 is 15.7 Å². The molecular formula is C24H21NO4S. The fourth-order valence-corrected chi connectivity index (χ4v) is 6.06. The summed E-state index contributed by atoms with van der Waals surface area (Å²) in [5.74, 6) is 0.762. The molecule has 3 aromatic rings. The van der Waals surface area contributed by atoms with Crippen LogP contribution in [0.5, 0.6) is 11.5 Å². The van der Waals surface area contributed by atoms with E-state index in [4.69, 9.17) is 4.74 Å². The molecule has 0 bridgehead atoms. The van der Waals surface area contributed by atoms with Crippen LogP contribution in [0.4, 0.5) is 0 Å². The zero-order valence-electron chi connectivity index (χ0n) is 16.3. The normalized spacial score (nSPS) is 18.4. The SMILES string of the molecule is O=C(C1c2ccccc2Oc2ccccc21)N1CC[C@@H](S(=O)(=O)c2ccccc2)C1. The summed E-state index contributed by atoms with van der Waals surface area (Å²) in [5.41, 5.74) is 1.63. The number of amides is 1. The number of rotatable bonds is 3. The summed E-state index contributed by atoms with van der Waals surface area (Å²) >= 11 is 0. The van der Waals surface area contributed by atoms with Gasteiger partial charge in [-0.05, 0) is 30.7 Å². The molecule has 6 heteroatoms. The van der Waals surface area contributed by atoms with Crippen LogP contribution in [-0.2, 0) is 14.6 Å². The van der Waals surface area contributed by atoms with Crippen molar-refractivity contribution in [3.05, 3.63) is 90.0 Å². The fraction of sp³-hybridized carbons (Fsp3) is 0.208. The molecule has 30 heavy (non-hydrogen) atoms. The Hall–Kier alpha value is -3.12. The Kier molecular flexibility index (Phi) is 4.59. The highest BCUT2D eigenvalue weighted by molar-refractivity contribution is 7.92. The van der Waals surface area contributed by atoms with E-state index in [1.165, 1.54) is 0 Å². The Balaban J connectivity index is 1.45. The summed E-state index contributed by atoms with van der Waals surface area (Å²) in [6.07, 6.45) is 0.440. The highest BCUT2D eigenvalue weighted by atomic mass is 32.2. The summed E-state index contributed by atoms with van der Waals surface area (Å²) in [6.45, 7) is 0.634. The second kappa shape index (κ2) is 7.29. The fourth-order valence-electron chi connectivity index (χ4n) is 4.34. The van der Waals surface area contributed by atoms with Crippen molar-refractivity contribution < 1.29 is 17.9 Å². The van der Waals surface area contributed by atoms with Crippen molar-refractivity contribution in [3.8, 4) is 11.5 Å². The van der Waals surface area contributed by atoms with Crippen LogP contribution in [0, 0.1) is 0 Å². The summed E-state index contributed by atoms with van der Waals surface area (Å²) in [7, 11) is -3.48. The van der Waals surface area contributed by atoms with E-state index in [1.54, 1.807) is 35.2 Å². The summed E-state index contributed by atoms with van der Waals surface area (Å²) in [6, 6.07) is 23.5. The number of likely N-dealkylation sites (tertiary alicyclic amines) is 1. The third-order valence-electron chi connectivity index (χ3n) is 5.89. The van der Waals surface area contributed by atoms with Crippen molar-refractivity contribution in [2.75, 3.05) is 13.1 Å². The van der Waals surface area contributed by atoms with Crippen molar-refractivity contribution in [2.45, 2.75) is 22.5 Å². The van der Waals surface area contributed by atoms with Crippen molar-refractivity contribution in [1.82, 2.24) is 4.90 Å². The highest BCUT2D eigenvalue weighted by Gasteiger charge is 2.41. The molecule has 0 spiro atoms. The lowest BCUT2D eigenvalue weighted by molar-refractivity contribution is -0.130. The molecule has 5 nitrogen and oxygen atoms in total. The number of fused-ring (bicyclic) bond motifs is 2. The van der Waals surface area contributed by atoms with Gasteiger partial charge in [-0.3, -0.25) is 4.79 Å². The lowest BCUT2D eigenvalue weighted by atomic mass is 9.87. The van der Waals surface area contributed by atoms with Gasteiger partial charge in [0.1, 0.15) is 11.5 Å². The standard InChI is InChI=1S/C24H21NO4S/c26-24(25-15-14-18(16-25)30(27,28)17-8-2-1-3-9-17)23-19-10-4-6-12-21(19)29-22-13-7-5-11-20(22)23/h1-13,18,23H,14-16H2/t18-/m1/s1. The number of carbonyl (C=O) groups excluding carboxylic acids is 1. The topological polar surface area (TPSA) is 63.7 Å². The van der Waals surface area contributed by atoms with Gasteiger partial charge in [0.15, 0.2) is 9.84 Å². The molecule has 0 radical (unpaired) electrons. The minimum Gasteiger partial charge on any atom is -0.457 e. The number of nitrogens with zero attached hydrogens (tertiary/aromatic N) is 1. The van der Waals surface area contributed by atoms with Gasteiger partial charge in [0.2, 0.25) is 5.91 Å². The van der Waals surface area contributed by atoms with E-state index in [2.05, 4.69) is 0 Å². The minimum atomic E-state index is -3.48. The monoisotopic (exact) mass is 419 g/mol. The maximum Gasteiger partial charge on any atom is 0.234 e. The molecule has 2 aliphatic rings. The van der Waals surface area contributed by atoms with Gasteiger partial charge < -0.3 is 9.64 Å². The quantitative estimate of drug-likeness (QED) is 0.644. The van der Waals surface area contributed by atoms with Crippen LogP contribution >= 0.6 is 0 Å². The van der Waals surface area contributed by atoms with E-state index in [0.29, 0.717) is 29.4 Å². The van der Waals surface area contributed by atoms with Gasteiger partial charge in [0.05, 0.1) is 16.1 Å². The van der Waals surface area contributed by atoms with Gasteiger partial charge in [-0.15, -0.1) is 0 Å². The first-order chi connectivity index (χ1) is 14.6. The second-order valence-corrected chi connectivity index (χ2v) is 9.89. The molecule has 1 saturated heterocycles. The van der Waals surface area contributed by atoms with Crippen LogP contribution in [0.2, 0.25) is 0 Å². The average molecular weight is 420 g/mol. The molecule has 1 fully saturated rings. The van der Waals surface area contributed by atoms with Gasteiger partial charge in [0, 0.05) is 24.2 Å². The van der Waals surface area contributed by atoms with Gasteiger partial charge >= 0.3 is 0 Å². The summed E-state index contributed by atoms with van der Waals surface area (Å²) in [4.78, 5) is 15.6. The van der Waals surface area contributed by atoms with E-state index in [1.807, 2.05) is 48.5 Å². The van der Waals surface area contributed by atoms with Crippen LogP contribution in [-0.4, -0.2) is 37.6 Å². The number of sulfone groups is 1. The molecular weight excluding hydrogens is 398 g/mol. The molecule has 0 N–H and O–H groups in total. The molecule has 152 valence electrons. The highest BCUT2D eigenvalue weighted by Crippen LogP contribution is 2.45. The van der Waals surface area contributed by atoms with Gasteiger partial charge in [-0.1, -0.05) is 54.6 Å². The molecule has 0 aliphatic carbocycles. The predicted molar refractivity (Wildman–Crippen MR) is 113 cm³/mol. The smallest absolute Gasteiger partial charge is 0.234 e. The van der Waals surface area contributed by atoms with Crippen LogP contribution in [0.1, 0.15) is 23.5 Å². The van der Waals surface area contributed by atoms with E-state index < -0.39 is 21.0 Å². The number of benzene rings is 3. The lowest BCUT2D eigenvalue weighted by Gasteiger charge is -2.30. The zero-order valence-corrected chi connectivity index (χ0v) is 17.1. The molecule has 0 saturated carbocycles. The van der Waals surface area contributed by atoms with Crippen molar-refractivity contribution in [3.63, 3.8) is 0 Å². The molecule has 3 aromatic carbocycles. The predicted octanol–water partition coefficient (Wildman–Crippen LogP) is 4.00. The van der Waals surface area contributed by atoms with E-state index in [-0.39, 0.29) is 12.5 Å². The number of ether oxygens (including phenoxy) is 1. The van der Waals surface area contributed by atoms with Crippen LogP contribution in [0.3, 0.4) is 0 Å². The summed E-state index contributed by atoms with van der Waals surface area (Å²) in [5, 5.41) is -0.589. The Morgan fingerprint density at radius 2 is 1.40 bits per heavy atom. The first-order valence-corrected chi connectivity index (χ1v) is 11.5. The van der Waals surface area contributed by atoms with Gasteiger partial charge in [-0.2, -0.15) is 0 Å². The molecule has 2 heterocycles. The van der Waals surface area contributed by atoms with Crippen LogP contribution in [0.15, 0.2) is 83.8 Å². The Labute approximate surface area is 175 Å². The van der Waals surface area contributed by atoms with Crippen LogP contribution < -0.4 is 4.74 Å². The lowest BCUT2D eigenvalue weighted by Crippen LogP contribution is -2.36. The number of hydrogen-bond donors (Lipinski definition) is 0. The molecule has 1 amide bonds. The van der Waals surface area contributed by atoms with Gasteiger partial charge in [0.25, 0.3) is 0 Å². The van der Waals surface area contributed by atoms with E-state index >= 15 is 0 Å². The maximum atomic E-state index is 13.6. The van der Waals surface area contributed by atoms with Crippen molar-refractivity contribution in [2.24, 2.45) is 0 Å². The Morgan fingerprint density at radius 1 is 0.833 bits per heavy atom. The first kappa shape index (κ1) is 18.9. The van der Waals surface area contributed by atoms with Gasteiger partial charge in [-0.25, -0.2) is 8.42 Å². The third kappa shape index (κ3) is 3.08. The number of para-hydroxylation sites is 2. The minimum absolute atomic E-state index is 0.0797. The van der Waals surface area contributed by atoms with Crippen molar-refractivity contribution in [1.29, 1.82) is 0 Å². The van der Waals surface area contributed by atoms with E-state index in [0.717, 1.165) is 11.1 Å². The molecule has 5 rings (SSSR count). The van der Waals surface area contributed by atoms with Crippen LogP contribution in [0.25, 0.3) is 0 Å². The first-order valence-electron chi connectivity index (χ1n) is 9.99. The number of hydrogen-bond acceptors (Lipinski definition) is 4. The van der Waals surface area contributed by atoms with E-state index in [9.17, 15) is 13.2 Å². The molecule has 1 atom stereocenters. The summed E-state index contributed by atoms with van der Waals surface area (Å²) < 4.78 is 32.0. The Morgan fingerprint density at radius 3 is 2.03 bits per heavy atom.